The van der Waals surface area contributed by atoms with Crippen molar-refractivity contribution in [2.75, 3.05) is 18.0 Å². The summed E-state index contributed by atoms with van der Waals surface area (Å²) in [5.74, 6) is -1.07. The molecule has 82 valence electrons. The van der Waals surface area contributed by atoms with Gasteiger partial charge in [-0.2, -0.15) is 4.98 Å². The van der Waals surface area contributed by atoms with Crippen molar-refractivity contribution < 1.29 is 14.3 Å². The maximum Gasteiger partial charge on any atom is 0.357 e. The molecule has 6 nitrogen and oxygen atoms in total. The van der Waals surface area contributed by atoms with Gasteiger partial charge >= 0.3 is 5.97 Å². The Morgan fingerprint density at radius 3 is 2.80 bits per heavy atom. The molecule has 2 heterocycles. The minimum atomic E-state index is -1.07. The summed E-state index contributed by atoms with van der Waals surface area (Å²) in [4.78, 5) is 16.4. The first-order valence-electron chi connectivity index (χ1n) is 4.86. The first-order chi connectivity index (χ1) is 7.16. The molecule has 1 aliphatic rings. The summed E-state index contributed by atoms with van der Waals surface area (Å²) in [5, 5.41) is 8.68. The maximum atomic E-state index is 10.6. The zero-order valence-electron chi connectivity index (χ0n) is 8.22. The Balaban J connectivity index is 2.06. The number of carboxylic acids is 1. The van der Waals surface area contributed by atoms with Gasteiger partial charge in [-0.25, -0.2) is 4.79 Å². The lowest BCUT2D eigenvalue weighted by Crippen LogP contribution is -2.39. The van der Waals surface area contributed by atoms with Crippen LogP contribution in [0.25, 0.3) is 0 Å². The Morgan fingerprint density at radius 2 is 2.27 bits per heavy atom. The number of hydrogen-bond donors (Lipinski definition) is 2. The summed E-state index contributed by atoms with van der Waals surface area (Å²) in [5.41, 5.74) is 5.70. The summed E-state index contributed by atoms with van der Waals surface area (Å²) in [6, 6.07) is 0.606. The minimum Gasteiger partial charge on any atom is -0.476 e. The second kappa shape index (κ2) is 3.90. The van der Waals surface area contributed by atoms with Crippen LogP contribution in [0.15, 0.2) is 10.7 Å². The highest BCUT2D eigenvalue weighted by Gasteiger charge is 2.21. The molecule has 1 saturated heterocycles. The molecule has 0 bridgehead atoms. The maximum absolute atomic E-state index is 10.6. The minimum absolute atomic E-state index is 0.0557. The number of carbonyl (C=O) groups is 1. The van der Waals surface area contributed by atoms with Gasteiger partial charge in [0.15, 0.2) is 5.69 Å². The molecule has 2 rings (SSSR count). The molecular formula is C9H13N3O3. The first-order valence-corrected chi connectivity index (χ1v) is 4.86. The quantitative estimate of drug-likeness (QED) is 0.730. The lowest BCUT2D eigenvalue weighted by molar-refractivity contribution is 0.0690. The summed E-state index contributed by atoms with van der Waals surface area (Å²) in [6.07, 6.45) is 2.92. The van der Waals surface area contributed by atoms with Gasteiger partial charge in [0, 0.05) is 19.1 Å². The van der Waals surface area contributed by atoms with E-state index in [0.29, 0.717) is 6.01 Å². The number of nitrogens with zero attached hydrogens (tertiary/aromatic N) is 2. The van der Waals surface area contributed by atoms with Crippen molar-refractivity contribution in [3.8, 4) is 0 Å². The van der Waals surface area contributed by atoms with Crippen LogP contribution in [-0.4, -0.2) is 35.2 Å². The molecule has 3 N–H and O–H groups in total. The smallest absolute Gasteiger partial charge is 0.357 e. The SMILES string of the molecule is NC1CCN(c2nc(C(=O)O)co2)CC1. The molecule has 0 aliphatic carbocycles. The van der Waals surface area contributed by atoms with E-state index in [-0.39, 0.29) is 11.7 Å². The van der Waals surface area contributed by atoms with E-state index in [0.717, 1.165) is 32.2 Å². The summed E-state index contributed by atoms with van der Waals surface area (Å²) < 4.78 is 5.09. The van der Waals surface area contributed by atoms with Crippen molar-refractivity contribution in [2.45, 2.75) is 18.9 Å². The van der Waals surface area contributed by atoms with E-state index in [1.165, 1.54) is 0 Å². The van der Waals surface area contributed by atoms with E-state index in [2.05, 4.69) is 4.98 Å². The number of piperidine rings is 1. The van der Waals surface area contributed by atoms with Gasteiger partial charge < -0.3 is 20.2 Å². The van der Waals surface area contributed by atoms with Crippen LogP contribution in [0.5, 0.6) is 0 Å². The van der Waals surface area contributed by atoms with Crippen LogP contribution in [-0.2, 0) is 0 Å². The highest BCUT2D eigenvalue weighted by molar-refractivity contribution is 5.85. The van der Waals surface area contributed by atoms with Crippen LogP contribution >= 0.6 is 0 Å². The predicted octanol–water partition coefficient (Wildman–Crippen LogP) is 0.300. The Labute approximate surface area is 86.7 Å². The fourth-order valence-corrected chi connectivity index (χ4v) is 1.60. The van der Waals surface area contributed by atoms with Gasteiger partial charge in [-0.3, -0.25) is 0 Å². The molecule has 1 fully saturated rings. The van der Waals surface area contributed by atoms with Crippen LogP contribution in [0.1, 0.15) is 23.3 Å². The van der Waals surface area contributed by atoms with Gasteiger partial charge in [-0.1, -0.05) is 0 Å². The number of aromatic carboxylic acids is 1. The number of anilines is 1. The van der Waals surface area contributed by atoms with Crippen LogP contribution in [0.3, 0.4) is 0 Å². The van der Waals surface area contributed by atoms with Crippen LogP contribution in [0.2, 0.25) is 0 Å². The summed E-state index contributed by atoms with van der Waals surface area (Å²) in [7, 11) is 0. The molecule has 1 aromatic heterocycles. The van der Waals surface area contributed by atoms with Crippen LogP contribution in [0, 0.1) is 0 Å². The van der Waals surface area contributed by atoms with Gasteiger partial charge in [0.25, 0.3) is 6.01 Å². The Morgan fingerprint density at radius 1 is 1.60 bits per heavy atom. The van der Waals surface area contributed by atoms with Gasteiger partial charge in [0.05, 0.1) is 0 Å². The molecule has 0 aromatic carbocycles. The van der Waals surface area contributed by atoms with E-state index in [1.54, 1.807) is 0 Å². The average Bonchev–Trinajstić information content (AvgIpc) is 2.68. The molecule has 0 unspecified atom stereocenters. The third-order valence-electron chi connectivity index (χ3n) is 2.52. The van der Waals surface area contributed by atoms with Gasteiger partial charge in [0.1, 0.15) is 6.26 Å². The second-order valence-corrected chi connectivity index (χ2v) is 3.64. The highest BCUT2D eigenvalue weighted by atomic mass is 16.4. The molecule has 1 aromatic rings. The third-order valence-corrected chi connectivity index (χ3v) is 2.52. The predicted molar refractivity (Wildman–Crippen MR) is 52.9 cm³/mol. The lowest BCUT2D eigenvalue weighted by Gasteiger charge is -2.28. The molecular weight excluding hydrogens is 198 g/mol. The number of rotatable bonds is 2. The number of aromatic nitrogens is 1. The zero-order chi connectivity index (χ0) is 10.8. The third kappa shape index (κ3) is 2.10. The largest absolute Gasteiger partial charge is 0.476 e. The molecule has 0 saturated carbocycles. The van der Waals surface area contributed by atoms with Crippen molar-refractivity contribution in [1.82, 2.24) is 4.98 Å². The molecule has 6 heteroatoms. The molecule has 0 atom stereocenters. The van der Waals surface area contributed by atoms with Crippen molar-refractivity contribution in [1.29, 1.82) is 0 Å². The average molecular weight is 211 g/mol. The number of hydrogen-bond acceptors (Lipinski definition) is 5. The topological polar surface area (TPSA) is 92.6 Å². The Bertz CT molecular complexity index is 355. The van der Waals surface area contributed by atoms with Gasteiger partial charge in [0.2, 0.25) is 0 Å². The van der Waals surface area contributed by atoms with Crippen LogP contribution < -0.4 is 10.6 Å². The first kappa shape index (κ1) is 9.97. The normalized spacial score (nSPS) is 18.1. The summed E-state index contributed by atoms with van der Waals surface area (Å²) >= 11 is 0. The fourth-order valence-electron chi connectivity index (χ4n) is 1.60. The van der Waals surface area contributed by atoms with E-state index in [1.807, 2.05) is 4.90 Å². The highest BCUT2D eigenvalue weighted by Crippen LogP contribution is 2.18. The van der Waals surface area contributed by atoms with E-state index < -0.39 is 5.97 Å². The van der Waals surface area contributed by atoms with Crippen molar-refractivity contribution in [3.63, 3.8) is 0 Å². The molecule has 1 aliphatic heterocycles. The number of oxazole rings is 1. The van der Waals surface area contributed by atoms with Crippen LogP contribution in [0.4, 0.5) is 6.01 Å². The monoisotopic (exact) mass is 211 g/mol. The van der Waals surface area contributed by atoms with E-state index in [9.17, 15) is 4.79 Å². The summed E-state index contributed by atoms with van der Waals surface area (Å²) in [6.45, 7) is 1.53. The number of carboxylic acid groups (broad SMARTS) is 1. The molecule has 0 radical (unpaired) electrons. The number of nitrogens with two attached hydrogens (primary N) is 1. The van der Waals surface area contributed by atoms with Gasteiger partial charge in [-0.05, 0) is 12.8 Å². The Hall–Kier alpha value is -1.56. The van der Waals surface area contributed by atoms with Crippen molar-refractivity contribution in [3.05, 3.63) is 12.0 Å². The lowest BCUT2D eigenvalue weighted by atomic mass is 10.1. The molecule has 0 amide bonds. The fraction of sp³-hybridized carbons (Fsp3) is 0.556. The van der Waals surface area contributed by atoms with Crippen molar-refractivity contribution >= 4 is 12.0 Å². The second-order valence-electron chi connectivity index (χ2n) is 3.64. The van der Waals surface area contributed by atoms with E-state index >= 15 is 0 Å². The standard InChI is InChI=1S/C9H13N3O3/c10-6-1-3-12(4-2-6)9-11-7(5-15-9)8(13)14/h5-6H,1-4,10H2,(H,13,14). The molecule has 0 spiro atoms. The van der Waals surface area contributed by atoms with E-state index in [4.69, 9.17) is 15.3 Å². The Kier molecular flexibility index (Phi) is 2.59. The molecule has 15 heavy (non-hydrogen) atoms. The zero-order valence-corrected chi connectivity index (χ0v) is 8.22. The van der Waals surface area contributed by atoms with Gasteiger partial charge in [-0.15, -0.1) is 0 Å². The van der Waals surface area contributed by atoms with Crippen molar-refractivity contribution in [2.24, 2.45) is 5.73 Å².